The maximum atomic E-state index is 12.2. The lowest BCUT2D eigenvalue weighted by molar-refractivity contribution is -0.133. The van der Waals surface area contributed by atoms with Crippen LogP contribution < -0.4 is 5.32 Å². The second kappa shape index (κ2) is 7.11. The Labute approximate surface area is 125 Å². The summed E-state index contributed by atoms with van der Waals surface area (Å²) in [6, 6.07) is 6.18. The normalized spacial score (nSPS) is 15.0. The summed E-state index contributed by atoms with van der Waals surface area (Å²) in [5, 5.41) is 3.28. The van der Waals surface area contributed by atoms with Crippen molar-refractivity contribution in [1.82, 2.24) is 9.80 Å². The summed E-state index contributed by atoms with van der Waals surface area (Å²) in [6.45, 7) is 6.95. The molecule has 1 fully saturated rings. The van der Waals surface area contributed by atoms with Gasteiger partial charge in [0.2, 0.25) is 12.3 Å². The van der Waals surface area contributed by atoms with Crippen LogP contribution in [0.3, 0.4) is 0 Å². The zero-order valence-electron chi connectivity index (χ0n) is 12.8. The molecule has 0 atom stereocenters. The van der Waals surface area contributed by atoms with Crippen molar-refractivity contribution in [1.29, 1.82) is 0 Å². The van der Waals surface area contributed by atoms with Gasteiger partial charge in [-0.15, -0.1) is 0 Å². The van der Waals surface area contributed by atoms with Gasteiger partial charge in [0.15, 0.2) is 0 Å². The zero-order valence-corrected chi connectivity index (χ0v) is 12.8. The highest BCUT2D eigenvalue weighted by Crippen LogP contribution is 2.20. The molecule has 1 heterocycles. The molecule has 0 radical (unpaired) electrons. The number of carbonyl (C=O) groups excluding carboxylic acids is 2. The maximum absolute atomic E-state index is 12.2. The molecule has 0 unspecified atom stereocenters. The van der Waals surface area contributed by atoms with Crippen LogP contribution in [0.15, 0.2) is 18.2 Å². The fourth-order valence-electron chi connectivity index (χ4n) is 2.63. The van der Waals surface area contributed by atoms with Gasteiger partial charge < -0.3 is 15.1 Å². The van der Waals surface area contributed by atoms with E-state index in [2.05, 4.69) is 31.3 Å². The Morgan fingerprint density at radius 1 is 1.29 bits per heavy atom. The number of nitrogens with zero attached hydrogens (tertiary/aromatic N) is 2. The number of aryl methyl sites for hydroxylation is 2. The van der Waals surface area contributed by atoms with Gasteiger partial charge in [0.1, 0.15) is 0 Å². The summed E-state index contributed by atoms with van der Waals surface area (Å²) >= 11 is 0. The first kappa shape index (κ1) is 15.4. The zero-order chi connectivity index (χ0) is 15.2. The summed E-state index contributed by atoms with van der Waals surface area (Å²) in [6.07, 6.45) is 1.79. The molecule has 1 aromatic rings. The molecule has 1 aliphatic rings. The van der Waals surface area contributed by atoms with E-state index in [9.17, 15) is 9.59 Å². The van der Waals surface area contributed by atoms with Crippen molar-refractivity contribution < 1.29 is 9.59 Å². The first-order valence-corrected chi connectivity index (χ1v) is 7.45. The molecule has 0 spiro atoms. The molecule has 114 valence electrons. The van der Waals surface area contributed by atoms with Gasteiger partial charge in [0, 0.05) is 31.9 Å². The molecule has 21 heavy (non-hydrogen) atoms. The molecule has 5 heteroatoms. The molecule has 1 N–H and O–H groups in total. The van der Waals surface area contributed by atoms with E-state index in [1.165, 1.54) is 5.56 Å². The summed E-state index contributed by atoms with van der Waals surface area (Å²) < 4.78 is 0. The average molecular weight is 289 g/mol. The summed E-state index contributed by atoms with van der Waals surface area (Å²) in [5.41, 5.74) is 3.46. The van der Waals surface area contributed by atoms with Crippen LogP contribution >= 0.6 is 0 Å². The molecule has 1 aromatic carbocycles. The Morgan fingerprint density at radius 2 is 2.00 bits per heavy atom. The minimum atomic E-state index is 0.0888. The monoisotopic (exact) mass is 289 g/mol. The van der Waals surface area contributed by atoms with Crippen LogP contribution in [0.1, 0.15) is 18.1 Å². The number of amides is 2. The highest BCUT2D eigenvalue weighted by atomic mass is 16.2. The van der Waals surface area contributed by atoms with Crippen molar-refractivity contribution in [3.63, 3.8) is 0 Å². The van der Waals surface area contributed by atoms with Gasteiger partial charge in [-0.05, 0) is 24.5 Å². The quantitative estimate of drug-likeness (QED) is 0.831. The van der Waals surface area contributed by atoms with Crippen LogP contribution in [0.4, 0.5) is 5.69 Å². The number of nitrogens with one attached hydrogen (secondary N) is 1. The van der Waals surface area contributed by atoms with Gasteiger partial charge in [-0.25, -0.2) is 0 Å². The Balaban J connectivity index is 1.91. The van der Waals surface area contributed by atoms with E-state index in [4.69, 9.17) is 0 Å². The van der Waals surface area contributed by atoms with Crippen LogP contribution in [-0.4, -0.2) is 54.8 Å². The Hall–Kier alpha value is -2.04. The van der Waals surface area contributed by atoms with Crippen molar-refractivity contribution in [2.24, 2.45) is 0 Å². The maximum Gasteiger partial charge on any atom is 0.241 e. The first-order valence-electron chi connectivity index (χ1n) is 7.45. The van der Waals surface area contributed by atoms with Gasteiger partial charge in [0.05, 0.1) is 6.54 Å². The molecular weight excluding hydrogens is 266 g/mol. The third-order valence-corrected chi connectivity index (χ3v) is 3.97. The van der Waals surface area contributed by atoms with Crippen LogP contribution in [-0.2, 0) is 16.0 Å². The van der Waals surface area contributed by atoms with E-state index >= 15 is 0 Å². The van der Waals surface area contributed by atoms with E-state index < -0.39 is 0 Å². The average Bonchev–Trinajstić information content (AvgIpc) is 2.53. The molecule has 1 saturated heterocycles. The predicted molar refractivity (Wildman–Crippen MR) is 83.3 cm³/mol. The first-order chi connectivity index (χ1) is 10.2. The van der Waals surface area contributed by atoms with Crippen molar-refractivity contribution in [2.45, 2.75) is 20.3 Å². The summed E-state index contributed by atoms with van der Waals surface area (Å²) in [7, 11) is 0. The highest BCUT2D eigenvalue weighted by Gasteiger charge is 2.20. The van der Waals surface area contributed by atoms with E-state index in [0.717, 1.165) is 24.1 Å². The molecule has 0 bridgehead atoms. The van der Waals surface area contributed by atoms with Gasteiger partial charge in [-0.2, -0.15) is 0 Å². The number of anilines is 1. The van der Waals surface area contributed by atoms with E-state index in [1.807, 2.05) is 11.0 Å². The lowest BCUT2D eigenvalue weighted by Crippen LogP contribution is -2.49. The van der Waals surface area contributed by atoms with E-state index in [-0.39, 0.29) is 5.91 Å². The Kier molecular flexibility index (Phi) is 5.20. The molecule has 0 aromatic heterocycles. The number of hydrogen-bond donors (Lipinski definition) is 1. The van der Waals surface area contributed by atoms with Crippen molar-refractivity contribution in [3.05, 3.63) is 29.3 Å². The fraction of sp³-hybridized carbons (Fsp3) is 0.500. The molecule has 0 saturated carbocycles. The molecular formula is C16H23N3O2. The SMILES string of the molecule is CCc1cccc(C)c1NCC(=O)N1CCN(C=O)CC1. The molecule has 1 aliphatic heterocycles. The topological polar surface area (TPSA) is 52.7 Å². The van der Waals surface area contributed by atoms with Gasteiger partial charge in [0.25, 0.3) is 0 Å². The van der Waals surface area contributed by atoms with Crippen molar-refractivity contribution >= 4 is 18.0 Å². The minimum absolute atomic E-state index is 0.0888. The molecule has 2 amide bonds. The smallest absolute Gasteiger partial charge is 0.241 e. The van der Waals surface area contributed by atoms with E-state index in [0.29, 0.717) is 32.7 Å². The minimum Gasteiger partial charge on any atom is -0.376 e. The van der Waals surface area contributed by atoms with Crippen LogP contribution in [0, 0.1) is 6.92 Å². The summed E-state index contributed by atoms with van der Waals surface area (Å²) in [4.78, 5) is 26.4. The number of rotatable bonds is 5. The van der Waals surface area contributed by atoms with E-state index in [1.54, 1.807) is 4.90 Å². The lowest BCUT2D eigenvalue weighted by Gasteiger charge is -2.32. The van der Waals surface area contributed by atoms with Gasteiger partial charge in [-0.3, -0.25) is 9.59 Å². The number of carbonyl (C=O) groups is 2. The van der Waals surface area contributed by atoms with Crippen molar-refractivity contribution in [3.8, 4) is 0 Å². The third kappa shape index (κ3) is 3.74. The molecule has 5 nitrogen and oxygen atoms in total. The number of para-hydroxylation sites is 1. The van der Waals surface area contributed by atoms with Crippen LogP contribution in [0.25, 0.3) is 0 Å². The molecule has 2 rings (SSSR count). The predicted octanol–water partition coefficient (Wildman–Crippen LogP) is 1.27. The molecule has 0 aliphatic carbocycles. The third-order valence-electron chi connectivity index (χ3n) is 3.97. The number of piperazine rings is 1. The lowest BCUT2D eigenvalue weighted by atomic mass is 10.1. The number of hydrogen-bond acceptors (Lipinski definition) is 3. The van der Waals surface area contributed by atoms with Gasteiger partial charge >= 0.3 is 0 Å². The fourth-order valence-corrected chi connectivity index (χ4v) is 2.63. The standard InChI is InChI=1S/C16H23N3O2/c1-3-14-6-4-5-13(2)16(14)17-11-15(21)19-9-7-18(12-20)8-10-19/h4-6,12,17H,3,7-11H2,1-2H3. The van der Waals surface area contributed by atoms with Gasteiger partial charge in [-0.1, -0.05) is 25.1 Å². The van der Waals surface area contributed by atoms with Crippen molar-refractivity contribution in [2.75, 3.05) is 38.0 Å². The number of benzene rings is 1. The Morgan fingerprint density at radius 3 is 2.62 bits per heavy atom. The second-order valence-electron chi connectivity index (χ2n) is 5.34. The highest BCUT2D eigenvalue weighted by molar-refractivity contribution is 5.81. The Bertz CT molecular complexity index is 508. The summed E-state index contributed by atoms with van der Waals surface area (Å²) in [5.74, 6) is 0.0888. The van der Waals surface area contributed by atoms with Crippen LogP contribution in [0.2, 0.25) is 0 Å². The second-order valence-corrected chi connectivity index (χ2v) is 5.34. The van der Waals surface area contributed by atoms with Crippen LogP contribution in [0.5, 0.6) is 0 Å². The largest absolute Gasteiger partial charge is 0.376 e.